The number of likely N-dealkylation sites (N-methyl/N-ethyl adjacent to an activating group) is 1. The molecule has 8 heteroatoms. The molecule has 1 heterocycles. The zero-order chi connectivity index (χ0) is 20.4. The average molecular weight is 400 g/mol. The molecule has 0 saturated heterocycles. The van der Waals surface area contributed by atoms with E-state index in [9.17, 15) is 9.59 Å². The normalized spacial score (nSPS) is 11.1. The number of aromatic nitrogens is 3. The topological polar surface area (TPSA) is 80.1 Å². The number of rotatable bonds is 5. The smallest absolute Gasteiger partial charge is 0.254 e. The molecule has 0 bridgehead atoms. The molecule has 0 aliphatic carbocycles. The Labute approximate surface area is 168 Å². The van der Waals surface area contributed by atoms with Gasteiger partial charge in [-0.2, -0.15) is 0 Å². The molecule has 0 spiro atoms. The molecule has 146 valence electrons. The monoisotopic (exact) mass is 399 g/mol. The van der Waals surface area contributed by atoms with Crippen molar-refractivity contribution in [3.8, 4) is 0 Å². The maximum atomic E-state index is 12.7. The molecule has 28 heavy (non-hydrogen) atoms. The molecular formula is C20H22ClN5O2. The zero-order valence-electron chi connectivity index (χ0n) is 16.2. The third kappa shape index (κ3) is 3.99. The van der Waals surface area contributed by atoms with Gasteiger partial charge in [0, 0.05) is 29.4 Å². The Morgan fingerprint density at radius 3 is 2.71 bits per heavy atom. The van der Waals surface area contributed by atoms with Gasteiger partial charge < -0.3 is 10.2 Å². The van der Waals surface area contributed by atoms with Crippen molar-refractivity contribution in [2.75, 3.05) is 18.9 Å². The third-order valence-corrected chi connectivity index (χ3v) is 4.89. The van der Waals surface area contributed by atoms with E-state index in [1.807, 2.05) is 26.8 Å². The molecule has 3 aromatic rings. The summed E-state index contributed by atoms with van der Waals surface area (Å²) in [6.07, 6.45) is 0. The van der Waals surface area contributed by atoms with E-state index in [4.69, 9.17) is 11.6 Å². The number of amides is 2. The summed E-state index contributed by atoms with van der Waals surface area (Å²) in [7, 11) is 1.59. The first kappa shape index (κ1) is 19.8. The standard InChI is InChI=1S/C20H22ClN5O2/c1-12(2)26-18-9-8-14(10-17(18)23-24-26)20(28)25(4)11-19(27)22-16-7-5-6-15(21)13(16)3/h5-10,12H,11H2,1-4H3,(H,22,27). The Kier molecular flexibility index (Phi) is 5.65. The van der Waals surface area contributed by atoms with Crippen LogP contribution in [0.3, 0.4) is 0 Å². The number of hydrogen-bond acceptors (Lipinski definition) is 4. The van der Waals surface area contributed by atoms with E-state index in [1.54, 1.807) is 42.1 Å². The Balaban J connectivity index is 1.71. The van der Waals surface area contributed by atoms with Gasteiger partial charge in [-0.15, -0.1) is 5.10 Å². The summed E-state index contributed by atoms with van der Waals surface area (Å²) in [4.78, 5) is 26.4. The Morgan fingerprint density at radius 1 is 1.25 bits per heavy atom. The van der Waals surface area contributed by atoms with Gasteiger partial charge >= 0.3 is 0 Å². The van der Waals surface area contributed by atoms with E-state index >= 15 is 0 Å². The van der Waals surface area contributed by atoms with Crippen molar-refractivity contribution in [2.45, 2.75) is 26.8 Å². The molecule has 0 aliphatic heterocycles. The summed E-state index contributed by atoms with van der Waals surface area (Å²) in [5.41, 5.74) is 3.38. The Bertz CT molecular complexity index is 1040. The summed E-state index contributed by atoms with van der Waals surface area (Å²) in [5.74, 6) is -0.563. The minimum absolute atomic E-state index is 0.0818. The van der Waals surface area contributed by atoms with Crippen LogP contribution in [0.2, 0.25) is 5.02 Å². The van der Waals surface area contributed by atoms with Crippen LogP contribution in [0.4, 0.5) is 5.69 Å². The number of carbonyl (C=O) groups is 2. The summed E-state index contributed by atoms with van der Waals surface area (Å²) in [5, 5.41) is 11.6. The predicted molar refractivity (Wildman–Crippen MR) is 110 cm³/mol. The maximum Gasteiger partial charge on any atom is 0.254 e. The van der Waals surface area contributed by atoms with Crippen molar-refractivity contribution in [1.29, 1.82) is 0 Å². The minimum Gasteiger partial charge on any atom is -0.332 e. The molecule has 3 rings (SSSR count). The van der Waals surface area contributed by atoms with Crippen molar-refractivity contribution in [3.63, 3.8) is 0 Å². The van der Waals surface area contributed by atoms with Crippen molar-refractivity contribution >= 4 is 40.1 Å². The number of nitrogens with zero attached hydrogens (tertiary/aromatic N) is 4. The fourth-order valence-corrected chi connectivity index (χ4v) is 3.07. The number of halogens is 1. The first-order valence-electron chi connectivity index (χ1n) is 8.93. The Morgan fingerprint density at radius 2 is 2.00 bits per heavy atom. The number of nitrogens with one attached hydrogen (secondary N) is 1. The number of benzene rings is 2. The van der Waals surface area contributed by atoms with Crippen LogP contribution in [0.15, 0.2) is 36.4 Å². The van der Waals surface area contributed by atoms with Crippen LogP contribution in [-0.2, 0) is 4.79 Å². The summed E-state index contributed by atoms with van der Waals surface area (Å²) >= 11 is 6.07. The first-order valence-corrected chi connectivity index (χ1v) is 9.31. The van der Waals surface area contributed by atoms with E-state index < -0.39 is 0 Å². The molecule has 1 N–H and O–H groups in total. The summed E-state index contributed by atoms with van der Waals surface area (Å²) in [6, 6.07) is 10.7. The first-order chi connectivity index (χ1) is 13.3. The second-order valence-corrected chi connectivity index (χ2v) is 7.36. The van der Waals surface area contributed by atoms with Crippen molar-refractivity contribution in [3.05, 3.63) is 52.5 Å². The highest BCUT2D eigenvalue weighted by atomic mass is 35.5. The summed E-state index contributed by atoms with van der Waals surface area (Å²) < 4.78 is 1.80. The van der Waals surface area contributed by atoms with Gasteiger partial charge in [0.15, 0.2) is 0 Å². The fraction of sp³-hybridized carbons (Fsp3) is 0.300. The molecule has 0 aliphatic rings. The van der Waals surface area contributed by atoms with Gasteiger partial charge in [0.1, 0.15) is 5.52 Å². The third-order valence-electron chi connectivity index (χ3n) is 4.48. The predicted octanol–water partition coefficient (Wildman–Crippen LogP) is 3.68. The molecule has 0 fully saturated rings. The van der Waals surface area contributed by atoms with Gasteiger partial charge in [-0.3, -0.25) is 9.59 Å². The van der Waals surface area contributed by atoms with Crippen molar-refractivity contribution in [2.24, 2.45) is 0 Å². The van der Waals surface area contributed by atoms with Crippen molar-refractivity contribution in [1.82, 2.24) is 19.9 Å². The molecule has 0 radical (unpaired) electrons. The van der Waals surface area contributed by atoms with E-state index in [2.05, 4.69) is 15.6 Å². The van der Waals surface area contributed by atoms with Crippen LogP contribution in [0, 0.1) is 6.92 Å². The SMILES string of the molecule is Cc1c(Cl)cccc1NC(=O)CN(C)C(=O)c1ccc2c(c1)nnn2C(C)C. The lowest BCUT2D eigenvalue weighted by atomic mass is 10.1. The largest absolute Gasteiger partial charge is 0.332 e. The minimum atomic E-state index is -0.298. The molecule has 0 saturated carbocycles. The van der Waals surface area contributed by atoms with Crippen LogP contribution in [-0.4, -0.2) is 45.3 Å². The van der Waals surface area contributed by atoms with Gasteiger partial charge in [-0.1, -0.05) is 22.9 Å². The van der Waals surface area contributed by atoms with Gasteiger partial charge in [0.2, 0.25) is 5.91 Å². The number of carbonyl (C=O) groups excluding carboxylic acids is 2. The van der Waals surface area contributed by atoms with E-state index in [0.717, 1.165) is 11.1 Å². The average Bonchev–Trinajstić information content (AvgIpc) is 3.08. The van der Waals surface area contributed by atoms with Gasteiger partial charge in [0.25, 0.3) is 5.91 Å². The molecular weight excluding hydrogens is 378 g/mol. The lowest BCUT2D eigenvalue weighted by Crippen LogP contribution is -2.35. The van der Waals surface area contributed by atoms with E-state index in [0.29, 0.717) is 21.8 Å². The number of anilines is 1. The second kappa shape index (κ2) is 7.98. The van der Waals surface area contributed by atoms with Crippen LogP contribution >= 0.6 is 11.6 Å². The van der Waals surface area contributed by atoms with Crippen LogP contribution < -0.4 is 5.32 Å². The zero-order valence-corrected chi connectivity index (χ0v) is 17.0. The van der Waals surface area contributed by atoms with Crippen molar-refractivity contribution < 1.29 is 9.59 Å². The number of fused-ring (bicyclic) bond motifs is 1. The maximum absolute atomic E-state index is 12.7. The molecule has 7 nitrogen and oxygen atoms in total. The second-order valence-electron chi connectivity index (χ2n) is 6.95. The van der Waals surface area contributed by atoms with Gasteiger partial charge in [0.05, 0.1) is 12.1 Å². The highest BCUT2D eigenvalue weighted by molar-refractivity contribution is 6.31. The van der Waals surface area contributed by atoms with E-state index in [1.165, 1.54) is 4.90 Å². The highest BCUT2D eigenvalue weighted by Crippen LogP contribution is 2.23. The lowest BCUT2D eigenvalue weighted by molar-refractivity contribution is -0.116. The molecule has 0 atom stereocenters. The summed E-state index contributed by atoms with van der Waals surface area (Å²) in [6.45, 7) is 5.77. The fourth-order valence-electron chi connectivity index (χ4n) is 2.90. The van der Waals surface area contributed by atoms with Crippen LogP contribution in [0.5, 0.6) is 0 Å². The molecule has 1 aromatic heterocycles. The molecule has 0 unspecified atom stereocenters. The highest BCUT2D eigenvalue weighted by Gasteiger charge is 2.17. The quantitative estimate of drug-likeness (QED) is 0.709. The lowest BCUT2D eigenvalue weighted by Gasteiger charge is -2.17. The van der Waals surface area contributed by atoms with Crippen LogP contribution in [0.1, 0.15) is 35.8 Å². The van der Waals surface area contributed by atoms with E-state index in [-0.39, 0.29) is 24.4 Å². The molecule has 2 aromatic carbocycles. The Hall–Kier alpha value is -2.93. The van der Waals surface area contributed by atoms with Gasteiger partial charge in [-0.05, 0) is 56.7 Å². The van der Waals surface area contributed by atoms with Crippen LogP contribution in [0.25, 0.3) is 11.0 Å². The van der Waals surface area contributed by atoms with Gasteiger partial charge in [-0.25, -0.2) is 4.68 Å². The number of hydrogen-bond donors (Lipinski definition) is 1. The molecule has 2 amide bonds.